The van der Waals surface area contributed by atoms with E-state index in [4.69, 9.17) is 11.6 Å². The van der Waals surface area contributed by atoms with Crippen LogP contribution in [0.2, 0.25) is 5.02 Å². The van der Waals surface area contributed by atoms with E-state index in [-0.39, 0.29) is 18.1 Å². The van der Waals surface area contributed by atoms with Crippen LogP contribution in [-0.4, -0.2) is 46.4 Å². The topological polar surface area (TPSA) is 40.8 Å². The molecule has 0 spiro atoms. The number of halogens is 2. The summed E-state index contributed by atoms with van der Waals surface area (Å²) >= 11 is 6.23. The monoisotopic (exact) mass is 476 g/mol. The van der Waals surface area contributed by atoms with Crippen LogP contribution in [0, 0.1) is 12.7 Å². The maximum atomic E-state index is 14.9. The highest BCUT2D eigenvalue weighted by Gasteiger charge is 2.28. The number of imidazole rings is 1. The van der Waals surface area contributed by atoms with E-state index in [1.807, 2.05) is 27.5 Å². The minimum Gasteiger partial charge on any atom is -0.368 e. The first-order valence-corrected chi connectivity index (χ1v) is 11.8. The van der Waals surface area contributed by atoms with Gasteiger partial charge in [0.05, 0.1) is 10.7 Å². The molecule has 0 aliphatic carbocycles. The van der Waals surface area contributed by atoms with Gasteiger partial charge < -0.3 is 14.2 Å². The van der Waals surface area contributed by atoms with Crippen molar-refractivity contribution in [2.45, 2.75) is 19.3 Å². The molecular weight excluding hydrogens is 451 g/mol. The molecule has 1 aliphatic rings. The molecule has 5 rings (SSSR count). The summed E-state index contributed by atoms with van der Waals surface area (Å²) in [6, 6.07) is 18.5. The fraction of sp³-hybridized carbons (Fsp3) is 0.259. The van der Waals surface area contributed by atoms with Crippen LogP contribution in [0.5, 0.6) is 0 Å². The summed E-state index contributed by atoms with van der Waals surface area (Å²) in [5.74, 6) is -0.798. The van der Waals surface area contributed by atoms with Gasteiger partial charge in [0.25, 0.3) is 0 Å². The van der Waals surface area contributed by atoms with E-state index >= 15 is 0 Å². The van der Waals surface area contributed by atoms with Gasteiger partial charge in [-0.2, -0.15) is 0 Å². The number of aromatic nitrogens is 2. The number of rotatable bonds is 5. The number of anilines is 1. The summed E-state index contributed by atoms with van der Waals surface area (Å²) in [4.78, 5) is 22.1. The summed E-state index contributed by atoms with van der Waals surface area (Å²) in [6.07, 6.45) is 3.64. The molecule has 0 N–H and O–H groups in total. The van der Waals surface area contributed by atoms with Crippen LogP contribution in [0.3, 0.4) is 0 Å². The molecular formula is C27H26ClFN4O. The summed E-state index contributed by atoms with van der Waals surface area (Å²) in [6.45, 7) is 4.92. The number of carbonyl (C=O) groups excluding carboxylic acids is 1. The Kier molecular flexibility index (Phi) is 6.24. The largest absolute Gasteiger partial charge is 0.368 e. The number of nitrogens with zero attached hydrogens (tertiary/aromatic N) is 4. The van der Waals surface area contributed by atoms with Crippen molar-refractivity contribution < 1.29 is 9.18 Å². The van der Waals surface area contributed by atoms with E-state index in [1.54, 1.807) is 36.7 Å². The Hall–Kier alpha value is -3.38. The number of aryl methyl sites for hydroxylation is 1. The summed E-state index contributed by atoms with van der Waals surface area (Å²) in [5.41, 5.74) is 4.38. The highest BCUT2D eigenvalue weighted by atomic mass is 35.5. The van der Waals surface area contributed by atoms with Crippen LogP contribution in [-0.2, 0) is 4.79 Å². The molecule has 5 nitrogen and oxygen atoms in total. The molecule has 1 atom stereocenters. The molecule has 2 aromatic carbocycles. The lowest BCUT2D eigenvalue weighted by molar-refractivity contribution is -0.131. The first-order chi connectivity index (χ1) is 16.5. The first kappa shape index (κ1) is 22.4. The Morgan fingerprint density at radius 2 is 1.76 bits per heavy atom. The van der Waals surface area contributed by atoms with Crippen molar-refractivity contribution in [3.05, 3.63) is 101 Å². The van der Waals surface area contributed by atoms with Crippen LogP contribution in [0.15, 0.2) is 73.1 Å². The normalized spacial score (nSPS) is 15.0. The molecule has 7 heteroatoms. The van der Waals surface area contributed by atoms with Gasteiger partial charge in [0.2, 0.25) is 5.91 Å². The zero-order valence-electron chi connectivity index (χ0n) is 19.0. The number of hydrogen-bond donors (Lipinski definition) is 0. The highest BCUT2D eigenvalue weighted by Crippen LogP contribution is 2.32. The van der Waals surface area contributed by atoms with E-state index in [1.165, 1.54) is 17.3 Å². The molecule has 1 saturated heterocycles. The molecule has 0 saturated carbocycles. The van der Waals surface area contributed by atoms with Crippen molar-refractivity contribution in [1.29, 1.82) is 0 Å². The number of pyridine rings is 1. The third-order valence-corrected chi connectivity index (χ3v) is 6.83. The number of benzene rings is 2. The number of para-hydroxylation sites is 1. The van der Waals surface area contributed by atoms with Gasteiger partial charge in [-0.3, -0.25) is 4.79 Å². The Balaban J connectivity index is 1.39. The molecule has 174 valence electrons. The number of fused-ring (bicyclic) bond motifs is 1. The lowest BCUT2D eigenvalue weighted by Gasteiger charge is -2.37. The highest BCUT2D eigenvalue weighted by molar-refractivity contribution is 6.30. The lowest BCUT2D eigenvalue weighted by atomic mass is 9.91. The van der Waals surface area contributed by atoms with Gasteiger partial charge in [-0.1, -0.05) is 48.0 Å². The first-order valence-electron chi connectivity index (χ1n) is 11.5. The van der Waals surface area contributed by atoms with Gasteiger partial charge in [0, 0.05) is 56.6 Å². The zero-order valence-corrected chi connectivity index (χ0v) is 19.8. The molecule has 0 radical (unpaired) electrons. The second-order valence-corrected chi connectivity index (χ2v) is 9.13. The van der Waals surface area contributed by atoms with Gasteiger partial charge in [0.1, 0.15) is 11.5 Å². The molecule has 4 aromatic rings. The van der Waals surface area contributed by atoms with Crippen molar-refractivity contribution in [3.63, 3.8) is 0 Å². The summed E-state index contributed by atoms with van der Waals surface area (Å²) < 4.78 is 16.7. The number of carbonyl (C=O) groups is 1. The number of piperazine rings is 1. The van der Waals surface area contributed by atoms with Crippen molar-refractivity contribution in [2.24, 2.45) is 0 Å². The Bertz CT molecular complexity index is 1330. The second kappa shape index (κ2) is 9.47. The zero-order chi connectivity index (χ0) is 23.7. The molecule has 1 aliphatic heterocycles. The number of amides is 1. The molecule has 2 aromatic heterocycles. The Morgan fingerprint density at radius 1 is 1.03 bits per heavy atom. The van der Waals surface area contributed by atoms with Gasteiger partial charge >= 0.3 is 0 Å². The quantitative estimate of drug-likeness (QED) is 0.392. The van der Waals surface area contributed by atoms with Gasteiger partial charge in [-0.15, -0.1) is 0 Å². The molecule has 1 fully saturated rings. The predicted molar refractivity (Wildman–Crippen MR) is 133 cm³/mol. The lowest BCUT2D eigenvalue weighted by Crippen LogP contribution is -2.49. The van der Waals surface area contributed by atoms with Crippen LogP contribution >= 0.6 is 11.6 Å². The summed E-state index contributed by atoms with van der Waals surface area (Å²) in [7, 11) is 0. The standard InChI is InChI=1S/C27H26ClFN4O/c1-19-6-2-5-9-24(19)31-12-14-32(15-13-31)27(34)16-22(21-7-3-4-8-23(21)29)25-17-30-26-11-10-20(28)18-33(25)26/h2-11,17-18,22H,12-16H2,1H3. The summed E-state index contributed by atoms with van der Waals surface area (Å²) in [5, 5.41) is 0.553. The third kappa shape index (κ3) is 4.38. The smallest absolute Gasteiger partial charge is 0.223 e. The van der Waals surface area contributed by atoms with E-state index in [0.717, 1.165) is 18.8 Å². The molecule has 0 bridgehead atoms. The van der Waals surface area contributed by atoms with Gasteiger partial charge in [0.15, 0.2) is 0 Å². The van der Waals surface area contributed by atoms with Gasteiger partial charge in [-0.25, -0.2) is 9.37 Å². The average molecular weight is 477 g/mol. The number of hydrogen-bond acceptors (Lipinski definition) is 3. The molecule has 34 heavy (non-hydrogen) atoms. The second-order valence-electron chi connectivity index (χ2n) is 8.69. The fourth-order valence-electron chi connectivity index (χ4n) is 4.78. The van der Waals surface area contributed by atoms with Crippen LogP contribution in [0.4, 0.5) is 10.1 Å². The van der Waals surface area contributed by atoms with E-state index in [9.17, 15) is 9.18 Å². The van der Waals surface area contributed by atoms with Crippen molar-refractivity contribution in [2.75, 3.05) is 31.1 Å². The van der Waals surface area contributed by atoms with E-state index in [0.29, 0.717) is 29.3 Å². The average Bonchev–Trinajstić information content (AvgIpc) is 3.26. The Labute approximate surface area is 203 Å². The van der Waals surface area contributed by atoms with Crippen molar-refractivity contribution in [1.82, 2.24) is 14.3 Å². The fourth-order valence-corrected chi connectivity index (χ4v) is 4.94. The van der Waals surface area contributed by atoms with Crippen molar-refractivity contribution >= 4 is 28.8 Å². The SMILES string of the molecule is Cc1ccccc1N1CCN(C(=O)CC(c2ccccc2F)c2cnc3ccc(Cl)cn23)CC1. The molecule has 1 unspecified atom stereocenters. The third-order valence-electron chi connectivity index (χ3n) is 6.60. The van der Waals surface area contributed by atoms with E-state index in [2.05, 4.69) is 28.9 Å². The van der Waals surface area contributed by atoms with E-state index < -0.39 is 5.92 Å². The van der Waals surface area contributed by atoms with Crippen LogP contribution in [0.25, 0.3) is 5.65 Å². The minimum atomic E-state index is -0.475. The maximum absolute atomic E-state index is 14.9. The van der Waals surface area contributed by atoms with Gasteiger partial charge in [-0.05, 0) is 42.3 Å². The van der Waals surface area contributed by atoms with Crippen LogP contribution in [0.1, 0.15) is 29.2 Å². The minimum absolute atomic E-state index is 0.00895. The van der Waals surface area contributed by atoms with Crippen LogP contribution < -0.4 is 4.90 Å². The van der Waals surface area contributed by atoms with Crippen molar-refractivity contribution in [3.8, 4) is 0 Å². The Morgan fingerprint density at radius 3 is 2.53 bits per heavy atom. The molecule has 1 amide bonds. The predicted octanol–water partition coefficient (Wildman–Crippen LogP) is 5.31. The maximum Gasteiger partial charge on any atom is 0.223 e. The molecule has 3 heterocycles.